The van der Waals surface area contributed by atoms with Gasteiger partial charge in [0.1, 0.15) is 0 Å². The van der Waals surface area contributed by atoms with Gasteiger partial charge in [-0.25, -0.2) is 9.97 Å². The van der Waals surface area contributed by atoms with Crippen LogP contribution in [0.15, 0.2) is 6.07 Å². The molecule has 1 unspecified atom stereocenters. The summed E-state index contributed by atoms with van der Waals surface area (Å²) < 4.78 is 5.02. The fourth-order valence-corrected chi connectivity index (χ4v) is 1.30. The number of hydrogen-bond acceptors (Lipinski definition) is 4. The highest BCUT2D eigenvalue weighted by Gasteiger charge is 2.04. The maximum atomic E-state index is 5.02. The first-order valence-electron chi connectivity index (χ1n) is 4.69. The number of anilines is 1. The highest BCUT2D eigenvalue weighted by atomic mass is 16.5. The Balaban J connectivity index is 2.66. The van der Waals surface area contributed by atoms with Gasteiger partial charge in [-0.2, -0.15) is 0 Å². The van der Waals surface area contributed by atoms with E-state index in [-0.39, 0.29) is 6.04 Å². The largest absolute Gasteiger partial charge is 0.383 e. The van der Waals surface area contributed by atoms with Crippen LogP contribution in [0, 0.1) is 13.8 Å². The summed E-state index contributed by atoms with van der Waals surface area (Å²) in [5, 5.41) is 3.18. The maximum Gasteiger partial charge on any atom is 0.223 e. The van der Waals surface area contributed by atoms with Crippen LogP contribution in [0.3, 0.4) is 0 Å². The summed E-state index contributed by atoms with van der Waals surface area (Å²) in [5.74, 6) is 0.673. The van der Waals surface area contributed by atoms with Crippen LogP contribution < -0.4 is 5.32 Å². The summed E-state index contributed by atoms with van der Waals surface area (Å²) in [5.41, 5.74) is 1.95. The first-order chi connectivity index (χ1) is 6.61. The maximum absolute atomic E-state index is 5.02. The Morgan fingerprint density at radius 3 is 2.43 bits per heavy atom. The van der Waals surface area contributed by atoms with Gasteiger partial charge in [0.15, 0.2) is 0 Å². The van der Waals surface area contributed by atoms with E-state index < -0.39 is 0 Å². The molecule has 0 aromatic carbocycles. The first-order valence-corrected chi connectivity index (χ1v) is 4.69. The van der Waals surface area contributed by atoms with Gasteiger partial charge in [0, 0.05) is 24.5 Å². The lowest BCUT2D eigenvalue weighted by Crippen LogP contribution is -2.22. The smallest absolute Gasteiger partial charge is 0.223 e. The van der Waals surface area contributed by atoms with Gasteiger partial charge in [-0.15, -0.1) is 0 Å². The van der Waals surface area contributed by atoms with Crippen molar-refractivity contribution in [2.75, 3.05) is 19.0 Å². The predicted molar refractivity (Wildman–Crippen MR) is 56.5 cm³/mol. The van der Waals surface area contributed by atoms with Crippen molar-refractivity contribution in [3.8, 4) is 0 Å². The molecule has 0 fully saturated rings. The van der Waals surface area contributed by atoms with Gasteiger partial charge >= 0.3 is 0 Å². The van der Waals surface area contributed by atoms with Crippen molar-refractivity contribution >= 4 is 5.95 Å². The minimum absolute atomic E-state index is 0.223. The van der Waals surface area contributed by atoms with E-state index in [1.807, 2.05) is 26.8 Å². The lowest BCUT2D eigenvalue weighted by molar-refractivity contribution is 0.190. The lowest BCUT2D eigenvalue weighted by atomic mass is 10.3. The summed E-state index contributed by atoms with van der Waals surface area (Å²) >= 11 is 0. The Bertz CT molecular complexity index is 281. The van der Waals surface area contributed by atoms with Crippen molar-refractivity contribution in [2.45, 2.75) is 26.8 Å². The molecular weight excluding hydrogens is 178 g/mol. The van der Waals surface area contributed by atoms with Crippen LogP contribution in [-0.4, -0.2) is 29.7 Å². The van der Waals surface area contributed by atoms with Crippen molar-refractivity contribution in [2.24, 2.45) is 0 Å². The molecule has 1 aromatic heterocycles. The van der Waals surface area contributed by atoms with Gasteiger partial charge in [-0.1, -0.05) is 0 Å². The molecule has 1 atom stereocenters. The number of aromatic nitrogens is 2. The van der Waals surface area contributed by atoms with E-state index in [0.717, 1.165) is 11.4 Å². The second-order valence-electron chi connectivity index (χ2n) is 3.48. The third kappa shape index (κ3) is 3.30. The molecule has 1 heterocycles. The zero-order valence-corrected chi connectivity index (χ0v) is 9.16. The summed E-state index contributed by atoms with van der Waals surface area (Å²) in [4.78, 5) is 8.56. The van der Waals surface area contributed by atoms with Crippen molar-refractivity contribution in [1.29, 1.82) is 0 Å². The summed E-state index contributed by atoms with van der Waals surface area (Å²) in [7, 11) is 1.68. The number of nitrogens with one attached hydrogen (secondary N) is 1. The molecule has 0 saturated carbocycles. The Morgan fingerprint density at radius 1 is 1.36 bits per heavy atom. The molecule has 4 heteroatoms. The van der Waals surface area contributed by atoms with Crippen LogP contribution >= 0.6 is 0 Å². The Morgan fingerprint density at radius 2 is 1.93 bits per heavy atom. The van der Waals surface area contributed by atoms with Crippen molar-refractivity contribution in [1.82, 2.24) is 9.97 Å². The first kappa shape index (κ1) is 10.9. The van der Waals surface area contributed by atoms with Crippen molar-refractivity contribution in [3.63, 3.8) is 0 Å². The van der Waals surface area contributed by atoms with Crippen LogP contribution in [0.5, 0.6) is 0 Å². The third-order valence-corrected chi connectivity index (χ3v) is 1.77. The van der Waals surface area contributed by atoms with Crippen molar-refractivity contribution < 1.29 is 4.74 Å². The number of ether oxygens (including phenoxy) is 1. The predicted octanol–water partition coefficient (Wildman–Crippen LogP) is 1.54. The molecule has 0 spiro atoms. The number of aryl methyl sites for hydroxylation is 2. The molecule has 1 N–H and O–H groups in total. The molecule has 0 saturated heterocycles. The molecule has 0 amide bonds. The van der Waals surface area contributed by atoms with E-state index in [4.69, 9.17) is 4.74 Å². The van der Waals surface area contributed by atoms with Crippen LogP contribution in [0.25, 0.3) is 0 Å². The monoisotopic (exact) mass is 195 g/mol. The van der Waals surface area contributed by atoms with Gasteiger partial charge in [0.05, 0.1) is 6.61 Å². The Labute approximate surface area is 84.7 Å². The average molecular weight is 195 g/mol. The molecule has 0 radical (unpaired) electrons. The Hall–Kier alpha value is -1.16. The molecule has 78 valence electrons. The molecule has 1 aromatic rings. The zero-order valence-electron chi connectivity index (χ0n) is 9.16. The van der Waals surface area contributed by atoms with E-state index in [2.05, 4.69) is 15.3 Å². The van der Waals surface area contributed by atoms with Crippen LogP contribution in [0.1, 0.15) is 18.3 Å². The molecule has 1 rings (SSSR count). The Kier molecular flexibility index (Phi) is 3.83. The summed E-state index contributed by atoms with van der Waals surface area (Å²) in [6.07, 6.45) is 0. The SMILES string of the molecule is COCC(C)Nc1nc(C)cc(C)n1. The number of nitrogens with zero attached hydrogens (tertiary/aromatic N) is 2. The van der Waals surface area contributed by atoms with E-state index in [0.29, 0.717) is 12.6 Å². The zero-order chi connectivity index (χ0) is 10.6. The average Bonchev–Trinajstić information content (AvgIpc) is 2.01. The van der Waals surface area contributed by atoms with E-state index in [1.165, 1.54) is 0 Å². The van der Waals surface area contributed by atoms with E-state index in [1.54, 1.807) is 7.11 Å². The van der Waals surface area contributed by atoms with Crippen LogP contribution in [-0.2, 0) is 4.74 Å². The highest BCUT2D eigenvalue weighted by Crippen LogP contribution is 2.04. The molecule has 0 bridgehead atoms. The van der Waals surface area contributed by atoms with Crippen LogP contribution in [0.4, 0.5) is 5.95 Å². The lowest BCUT2D eigenvalue weighted by Gasteiger charge is -2.13. The molecule has 14 heavy (non-hydrogen) atoms. The number of rotatable bonds is 4. The van der Waals surface area contributed by atoms with Gasteiger partial charge in [-0.05, 0) is 26.8 Å². The normalized spacial score (nSPS) is 12.6. The van der Waals surface area contributed by atoms with Gasteiger partial charge in [0.2, 0.25) is 5.95 Å². The fraction of sp³-hybridized carbons (Fsp3) is 0.600. The van der Waals surface area contributed by atoms with Gasteiger partial charge < -0.3 is 10.1 Å². The number of methoxy groups -OCH3 is 1. The molecule has 4 nitrogen and oxygen atoms in total. The molecular formula is C10H17N3O. The summed E-state index contributed by atoms with van der Waals surface area (Å²) in [6, 6.07) is 2.17. The van der Waals surface area contributed by atoms with E-state index in [9.17, 15) is 0 Å². The minimum atomic E-state index is 0.223. The second kappa shape index (κ2) is 4.91. The van der Waals surface area contributed by atoms with Gasteiger partial charge in [-0.3, -0.25) is 0 Å². The van der Waals surface area contributed by atoms with E-state index >= 15 is 0 Å². The minimum Gasteiger partial charge on any atom is -0.383 e. The summed E-state index contributed by atoms with van der Waals surface area (Å²) in [6.45, 7) is 6.60. The van der Waals surface area contributed by atoms with Crippen molar-refractivity contribution in [3.05, 3.63) is 17.5 Å². The fourth-order valence-electron chi connectivity index (χ4n) is 1.30. The third-order valence-electron chi connectivity index (χ3n) is 1.77. The molecule has 0 aliphatic carbocycles. The topological polar surface area (TPSA) is 47.0 Å². The number of hydrogen-bond donors (Lipinski definition) is 1. The van der Waals surface area contributed by atoms with Crippen LogP contribution in [0.2, 0.25) is 0 Å². The molecule has 0 aliphatic rings. The standard InChI is InChI=1S/C10H17N3O/c1-7-5-8(2)12-10(11-7)13-9(3)6-14-4/h5,9H,6H2,1-4H3,(H,11,12,13). The second-order valence-corrected chi connectivity index (χ2v) is 3.48. The highest BCUT2D eigenvalue weighted by molar-refractivity contribution is 5.28. The van der Waals surface area contributed by atoms with Gasteiger partial charge in [0.25, 0.3) is 0 Å². The molecule has 0 aliphatic heterocycles. The quantitative estimate of drug-likeness (QED) is 0.791.